The average Bonchev–Trinajstić information content (AvgIpc) is 2.69. The zero-order valence-corrected chi connectivity index (χ0v) is 13.9. The second-order valence-corrected chi connectivity index (χ2v) is 7.28. The SMILES string of the molecule is O=C(Nc1ccc(Br)cc1Br)c1csc(Br)c1. The van der Waals surface area contributed by atoms with Crippen LogP contribution in [-0.2, 0) is 0 Å². The second-order valence-electron chi connectivity index (χ2n) is 3.22. The molecule has 2 aromatic rings. The Morgan fingerprint density at radius 2 is 1.94 bits per heavy atom. The molecule has 1 aromatic carbocycles. The number of benzene rings is 1. The van der Waals surface area contributed by atoms with E-state index >= 15 is 0 Å². The zero-order valence-electron chi connectivity index (χ0n) is 8.34. The number of hydrogen-bond donors (Lipinski definition) is 1. The monoisotopic (exact) mass is 437 g/mol. The Morgan fingerprint density at radius 3 is 2.53 bits per heavy atom. The largest absolute Gasteiger partial charge is 0.321 e. The lowest BCUT2D eigenvalue weighted by Gasteiger charge is -2.06. The smallest absolute Gasteiger partial charge is 0.256 e. The molecule has 1 amide bonds. The Kier molecular flexibility index (Phi) is 4.41. The third-order valence-corrected chi connectivity index (χ3v) is 4.66. The van der Waals surface area contributed by atoms with Crippen LogP contribution < -0.4 is 5.32 Å². The summed E-state index contributed by atoms with van der Waals surface area (Å²) in [6, 6.07) is 7.41. The van der Waals surface area contributed by atoms with Gasteiger partial charge in [0.15, 0.2) is 0 Å². The van der Waals surface area contributed by atoms with Crippen molar-refractivity contribution in [2.45, 2.75) is 0 Å². The molecule has 0 atom stereocenters. The molecule has 0 aliphatic rings. The summed E-state index contributed by atoms with van der Waals surface area (Å²) in [6.07, 6.45) is 0. The number of carbonyl (C=O) groups excluding carboxylic acids is 1. The third-order valence-electron chi connectivity index (χ3n) is 2.01. The number of carbonyl (C=O) groups is 1. The predicted octanol–water partition coefficient (Wildman–Crippen LogP) is 5.29. The molecule has 0 fully saturated rings. The van der Waals surface area contributed by atoms with Gasteiger partial charge in [0.1, 0.15) is 0 Å². The van der Waals surface area contributed by atoms with E-state index in [0.717, 1.165) is 18.4 Å². The minimum absolute atomic E-state index is 0.116. The molecule has 88 valence electrons. The van der Waals surface area contributed by atoms with Gasteiger partial charge in [-0.3, -0.25) is 4.79 Å². The molecule has 0 bridgehead atoms. The minimum Gasteiger partial charge on any atom is -0.321 e. The van der Waals surface area contributed by atoms with Crippen molar-refractivity contribution in [1.29, 1.82) is 0 Å². The summed E-state index contributed by atoms with van der Waals surface area (Å²) in [5.41, 5.74) is 1.40. The molecule has 0 aliphatic carbocycles. The van der Waals surface area contributed by atoms with E-state index in [0.29, 0.717) is 5.56 Å². The molecule has 6 heteroatoms. The van der Waals surface area contributed by atoms with Gasteiger partial charge in [0.25, 0.3) is 5.91 Å². The number of thiophene rings is 1. The van der Waals surface area contributed by atoms with Crippen LogP contribution in [0.15, 0.2) is 42.4 Å². The standard InChI is InChI=1S/C11H6Br3NOS/c12-7-1-2-9(8(13)4-7)15-11(16)6-3-10(14)17-5-6/h1-5H,(H,15,16). The molecule has 0 aliphatic heterocycles. The molecule has 1 heterocycles. The van der Waals surface area contributed by atoms with Crippen LogP contribution in [-0.4, -0.2) is 5.91 Å². The van der Waals surface area contributed by atoms with Crippen LogP contribution in [0.4, 0.5) is 5.69 Å². The van der Waals surface area contributed by atoms with E-state index in [1.807, 2.05) is 23.6 Å². The molecule has 0 radical (unpaired) electrons. The van der Waals surface area contributed by atoms with Crippen LogP contribution in [0.5, 0.6) is 0 Å². The van der Waals surface area contributed by atoms with Gasteiger partial charge in [-0.05, 0) is 56.1 Å². The van der Waals surface area contributed by atoms with E-state index in [2.05, 4.69) is 53.1 Å². The van der Waals surface area contributed by atoms with Gasteiger partial charge < -0.3 is 5.32 Å². The lowest BCUT2D eigenvalue weighted by molar-refractivity contribution is 0.102. The molecular formula is C11H6Br3NOS. The molecule has 0 saturated heterocycles. The van der Waals surface area contributed by atoms with Crippen LogP contribution in [0.2, 0.25) is 0 Å². The summed E-state index contributed by atoms with van der Waals surface area (Å²) in [5, 5.41) is 4.66. The van der Waals surface area contributed by atoms with Gasteiger partial charge in [-0.25, -0.2) is 0 Å². The Morgan fingerprint density at radius 1 is 1.18 bits per heavy atom. The fraction of sp³-hybridized carbons (Fsp3) is 0. The van der Waals surface area contributed by atoms with Gasteiger partial charge in [-0.2, -0.15) is 0 Å². The Bertz CT molecular complexity index is 568. The first-order chi connectivity index (χ1) is 8.06. The number of anilines is 1. The first-order valence-electron chi connectivity index (χ1n) is 4.56. The molecule has 0 unspecified atom stereocenters. The highest BCUT2D eigenvalue weighted by atomic mass is 79.9. The zero-order chi connectivity index (χ0) is 12.4. The van der Waals surface area contributed by atoms with Gasteiger partial charge >= 0.3 is 0 Å². The van der Waals surface area contributed by atoms with E-state index in [-0.39, 0.29) is 5.91 Å². The minimum atomic E-state index is -0.116. The lowest BCUT2D eigenvalue weighted by atomic mass is 10.3. The molecule has 0 spiro atoms. The Hall–Kier alpha value is -0.170. The molecule has 1 aromatic heterocycles. The van der Waals surface area contributed by atoms with E-state index in [1.54, 1.807) is 6.07 Å². The van der Waals surface area contributed by atoms with Crippen molar-refractivity contribution < 1.29 is 4.79 Å². The number of nitrogens with one attached hydrogen (secondary N) is 1. The first kappa shape index (κ1) is 13.3. The van der Waals surface area contributed by atoms with Crippen LogP contribution in [0.3, 0.4) is 0 Å². The van der Waals surface area contributed by atoms with Gasteiger partial charge in [0, 0.05) is 14.3 Å². The van der Waals surface area contributed by atoms with Crippen LogP contribution >= 0.6 is 59.1 Å². The highest BCUT2D eigenvalue weighted by Gasteiger charge is 2.10. The van der Waals surface area contributed by atoms with Crippen LogP contribution in [0, 0.1) is 0 Å². The summed E-state index contributed by atoms with van der Waals surface area (Å²) in [5.74, 6) is -0.116. The summed E-state index contributed by atoms with van der Waals surface area (Å²) in [4.78, 5) is 11.9. The van der Waals surface area contributed by atoms with Crippen LogP contribution in [0.25, 0.3) is 0 Å². The van der Waals surface area contributed by atoms with E-state index in [1.165, 1.54) is 11.3 Å². The van der Waals surface area contributed by atoms with Gasteiger partial charge in [-0.15, -0.1) is 11.3 Å². The molecule has 0 saturated carbocycles. The summed E-state index contributed by atoms with van der Waals surface area (Å²) in [6.45, 7) is 0. The molecule has 1 N–H and O–H groups in total. The molecular weight excluding hydrogens is 434 g/mol. The van der Waals surface area contributed by atoms with E-state index < -0.39 is 0 Å². The van der Waals surface area contributed by atoms with Crippen LogP contribution in [0.1, 0.15) is 10.4 Å². The van der Waals surface area contributed by atoms with Crippen molar-refractivity contribution in [3.8, 4) is 0 Å². The van der Waals surface area contributed by atoms with Crippen molar-refractivity contribution in [1.82, 2.24) is 0 Å². The second kappa shape index (κ2) is 5.65. The van der Waals surface area contributed by atoms with Crippen molar-refractivity contribution >= 4 is 70.7 Å². The Balaban J connectivity index is 2.18. The first-order valence-corrected chi connectivity index (χ1v) is 7.82. The lowest BCUT2D eigenvalue weighted by Crippen LogP contribution is -2.11. The fourth-order valence-corrected chi connectivity index (χ4v) is 3.50. The summed E-state index contributed by atoms with van der Waals surface area (Å²) < 4.78 is 2.74. The summed E-state index contributed by atoms with van der Waals surface area (Å²) >= 11 is 11.6. The molecule has 17 heavy (non-hydrogen) atoms. The highest BCUT2D eigenvalue weighted by molar-refractivity contribution is 9.11. The van der Waals surface area contributed by atoms with Gasteiger partial charge in [0.05, 0.1) is 15.0 Å². The maximum atomic E-state index is 11.9. The maximum absolute atomic E-state index is 11.9. The number of amides is 1. The molecule has 2 nitrogen and oxygen atoms in total. The maximum Gasteiger partial charge on any atom is 0.256 e. The van der Waals surface area contributed by atoms with E-state index in [9.17, 15) is 4.79 Å². The van der Waals surface area contributed by atoms with Crippen molar-refractivity contribution in [3.05, 3.63) is 47.9 Å². The third kappa shape index (κ3) is 3.40. The topological polar surface area (TPSA) is 29.1 Å². The van der Waals surface area contributed by atoms with Crippen molar-refractivity contribution in [2.24, 2.45) is 0 Å². The Labute approximate surface area is 128 Å². The summed E-state index contributed by atoms with van der Waals surface area (Å²) in [7, 11) is 0. The number of hydrogen-bond acceptors (Lipinski definition) is 2. The normalized spacial score (nSPS) is 10.3. The van der Waals surface area contributed by atoms with Gasteiger partial charge in [0.2, 0.25) is 0 Å². The van der Waals surface area contributed by atoms with Crippen molar-refractivity contribution in [3.63, 3.8) is 0 Å². The number of rotatable bonds is 2. The highest BCUT2D eigenvalue weighted by Crippen LogP contribution is 2.27. The molecule has 2 rings (SSSR count). The van der Waals surface area contributed by atoms with Crippen molar-refractivity contribution in [2.75, 3.05) is 5.32 Å². The number of halogens is 3. The fourth-order valence-electron chi connectivity index (χ4n) is 1.21. The quantitative estimate of drug-likeness (QED) is 0.677. The predicted molar refractivity (Wildman–Crippen MR) is 81.8 cm³/mol. The average molecular weight is 440 g/mol. The van der Waals surface area contributed by atoms with Gasteiger partial charge in [-0.1, -0.05) is 15.9 Å². The van der Waals surface area contributed by atoms with E-state index in [4.69, 9.17) is 0 Å².